The summed E-state index contributed by atoms with van der Waals surface area (Å²) in [6.07, 6.45) is 0. The highest BCUT2D eigenvalue weighted by molar-refractivity contribution is 6.46. The third kappa shape index (κ3) is 5.87. The molecule has 3 aromatic rings. The predicted molar refractivity (Wildman–Crippen MR) is 147 cm³/mol. The molecule has 0 aromatic heterocycles. The van der Waals surface area contributed by atoms with Gasteiger partial charge in [-0.2, -0.15) is 0 Å². The number of ketones is 1. The Hall–Kier alpha value is -4.01. The van der Waals surface area contributed by atoms with E-state index in [1.165, 1.54) is 38.4 Å². The minimum absolute atomic E-state index is 0.0914. The zero-order valence-corrected chi connectivity index (χ0v) is 22.9. The first-order valence-electron chi connectivity index (χ1n) is 12.3. The number of hydrogen-bond acceptors (Lipinski definition) is 7. The molecular formula is C30H30ClNO7. The zero-order valence-electron chi connectivity index (χ0n) is 22.2. The van der Waals surface area contributed by atoms with E-state index >= 15 is 0 Å². The molecular weight excluding hydrogens is 522 g/mol. The molecule has 9 heteroatoms. The van der Waals surface area contributed by atoms with Gasteiger partial charge >= 0.3 is 0 Å². The molecule has 0 saturated carbocycles. The van der Waals surface area contributed by atoms with Gasteiger partial charge in [0.2, 0.25) is 0 Å². The number of ether oxygens (including phenoxy) is 4. The van der Waals surface area contributed by atoms with Crippen LogP contribution in [0.4, 0.5) is 0 Å². The number of aliphatic hydroxyl groups excluding tert-OH is 1. The van der Waals surface area contributed by atoms with Gasteiger partial charge in [0.1, 0.15) is 29.6 Å². The molecule has 8 nitrogen and oxygen atoms in total. The Balaban J connectivity index is 1.78. The Morgan fingerprint density at radius 3 is 2.36 bits per heavy atom. The summed E-state index contributed by atoms with van der Waals surface area (Å²) in [6.45, 7) is 2.70. The van der Waals surface area contributed by atoms with Crippen molar-refractivity contribution in [3.63, 3.8) is 0 Å². The SMILES string of the molecule is COCCN1C(=O)C(=O)/C(=C(/O)c2cc(Cl)c(OC)cc2OC)C1c1cccc(OCc2ccc(C)cc2)c1. The summed E-state index contributed by atoms with van der Waals surface area (Å²) < 4.78 is 21.9. The highest BCUT2D eigenvalue weighted by Crippen LogP contribution is 2.43. The summed E-state index contributed by atoms with van der Waals surface area (Å²) in [4.78, 5) is 27.9. The van der Waals surface area contributed by atoms with Crippen LogP contribution in [0.15, 0.2) is 66.2 Å². The number of amides is 1. The van der Waals surface area contributed by atoms with E-state index in [0.29, 0.717) is 23.7 Å². The molecule has 39 heavy (non-hydrogen) atoms. The maximum atomic E-state index is 13.3. The van der Waals surface area contributed by atoms with E-state index in [2.05, 4.69) is 0 Å². The van der Waals surface area contributed by atoms with Crippen LogP contribution >= 0.6 is 11.6 Å². The number of hydrogen-bond donors (Lipinski definition) is 1. The van der Waals surface area contributed by atoms with E-state index < -0.39 is 23.5 Å². The molecule has 1 fully saturated rings. The minimum atomic E-state index is -0.895. The largest absolute Gasteiger partial charge is 0.507 e. The first kappa shape index (κ1) is 28.0. The van der Waals surface area contributed by atoms with Crippen molar-refractivity contribution in [3.8, 4) is 17.2 Å². The molecule has 0 spiro atoms. The van der Waals surface area contributed by atoms with Crippen LogP contribution in [0.1, 0.15) is 28.3 Å². The van der Waals surface area contributed by atoms with Gasteiger partial charge in [-0.3, -0.25) is 9.59 Å². The molecule has 1 amide bonds. The fourth-order valence-electron chi connectivity index (χ4n) is 4.46. The molecule has 0 radical (unpaired) electrons. The van der Waals surface area contributed by atoms with Crippen molar-refractivity contribution in [3.05, 3.63) is 93.5 Å². The number of halogens is 1. The fourth-order valence-corrected chi connectivity index (χ4v) is 4.70. The van der Waals surface area contributed by atoms with Gasteiger partial charge in [0.25, 0.3) is 11.7 Å². The lowest BCUT2D eigenvalue weighted by Gasteiger charge is -2.25. The second-order valence-electron chi connectivity index (χ2n) is 9.02. The number of aryl methyl sites for hydroxylation is 1. The summed E-state index contributed by atoms with van der Waals surface area (Å²) >= 11 is 6.33. The smallest absolute Gasteiger partial charge is 0.295 e. The van der Waals surface area contributed by atoms with Crippen LogP contribution in [0, 0.1) is 6.92 Å². The van der Waals surface area contributed by atoms with Gasteiger partial charge in [-0.1, -0.05) is 53.6 Å². The molecule has 1 N–H and O–H groups in total. The molecule has 1 aliphatic heterocycles. The summed E-state index contributed by atoms with van der Waals surface area (Å²) in [6, 6.07) is 17.2. The second-order valence-corrected chi connectivity index (χ2v) is 9.43. The normalized spacial score (nSPS) is 16.4. The van der Waals surface area contributed by atoms with Gasteiger partial charge < -0.3 is 29.0 Å². The van der Waals surface area contributed by atoms with E-state index in [1.807, 2.05) is 31.2 Å². The van der Waals surface area contributed by atoms with E-state index in [9.17, 15) is 14.7 Å². The maximum Gasteiger partial charge on any atom is 0.295 e. The highest BCUT2D eigenvalue weighted by Gasteiger charge is 2.46. The van der Waals surface area contributed by atoms with Gasteiger partial charge in [0.15, 0.2) is 0 Å². The van der Waals surface area contributed by atoms with Gasteiger partial charge in [0.05, 0.1) is 43.0 Å². The number of rotatable bonds is 10. The summed E-state index contributed by atoms with van der Waals surface area (Å²) in [5.74, 6) is -0.871. The summed E-state index contributed by atoms with van der Waals surface area (Å²) in [5, 5.41) is 11.7. The number of carbonyl (C=O) groups excluding carboxylic acids is 2. The van der Waals surface area contributed by atoms with Crippen molar-refractivity contribution in [2.24, 2.45) is 0 Å². The number of carbonyl (C=O) groups is 2. The van der Waals surface area contributed by atoms with E-state index in [-0.39, 0.29) is 35.1 Å². The van der Waals surface area contributed by atoms with E-state index in [1.54, 1.807) is 24.3 Å². The molecule has 1 unspecified atom stereocenters. The third-order valence-corrected chi connectivity index (χ3v) is 6.80. The molecule has 1 saturated heterocycles. The van der Waals surface area contributed by atoms with Gasteiger partial charge in [-0.05, 0) is 36.2 Å². The third-order valence-electron chi connectivity index (χ3n) is 6.51. The fraction of sp³-hybridized carbons (Fsp3) is 0.267. The molecule has 4 rings (SSSR count). The maximum absolute atomic E-state index is 13.3. The number of Topliss-reactive ketones (excluding diaryl/α,β-unsaturated/α-hetero) is 1. The van der Waals surface area contributed by atoms with Crippen LogP contribution in [0.25, 0.3) is 5.76 Å². The Kier molecular flexibility index (Phi) is 8.79. The van der Waals surface area contributed by atoms with Gasteiger partial charge in [0, 0.05) is 19.7 Å². The number of methoxy groups -OCH3 is 3. The van der Waals surface area contributed by atoms with Crippen molar-refractivity contribution in [1.29, 1.82) is 0 Å². The Morgan fingerprint density at radius 1 is 0.974 bits per heavy atom. The lowest BCUT2D eigenvalue weighted by Crippen LogP contribution is -2.32. The van der Waals surface area contributed by atoms with Gasteiger partial charge in [-0.25, -0.2) is 0 Å². The molecule has 0 bridgehead atoms. The Bertz CT molecular complexity index is 1400. The molecule has 1 heterocycles. The summed E-state index contributed by atoms with van der Waals surface area (Å²) in [7, 11) is 4.38. The molecule has 204 valence electrons. The predicted octanol–water partition coefficient (Wildman–Crippen LogP) is 5.31. The molecule has 0 aliphatic carbocycles. The van der Waals surface area contributed by atoms with E-state index in [0.717, 1.165) is 11.1 Å². The number of benzene rings is 3. The van der Waals surface area contributed by atoms with Crippen molar-refractivity contribution >= 4 is 29.1 Å². The molecule has 3 aromatic carbocycles. The van der Waals surface area contributed by atoms with Gasteiger partial charge in [-0.15, -0.1) is 0 Å². The zero-order chi connectivity index (χ0) is 28.1. The van der Waals surface area contributed by atoms with Crippen molar-refractivity contribution < 1.29 is 33.6 Å². The highest BCUT2D eigenvalue weighted by atomic mass is 35.5. The van der Waals surface area contributed by atoms with Crippen molar-refractivity contribution in [1.82, 2.24) is 4.90 Å². The van der Waals surface area contributed by atoms with Crippen LogP contribution in [-0.2, 0) is 20.9 Å². The standard InChI is InChI=1S/C30H30ClNO7/c1-18-8-10-19(11-9-18)17-39-21-7-5-6-20(14-21)27-26(29(34)30(35)32(27)12-13-36-2)28(33)22-15-23(31)25(38-4)16-24(22)37-3/h5-11,14-16,27,33H,12-13,17H2,1-4H3/b28-26+. The Morgan fingerprint density at radius 2 is 1.69 bits per heavy atom. The summed E-state index contributed by atoms with van der Waals surface area (Å²) in [5.41, 5.74) is 2.81. The second kappa shape index (κ2) is 12.2. The van der Waals surface area contributed by atoms with Crippen LogP contribution in [-0.4, -0.2) is 56.2 Å². The topological polar surface area (TPSA) is 94.5 Å². The first-order valence-corrected chi connectivity index (χ1v) is 12.6. The number of aliphatic hydroxyl groups is 1. The van der Waals surface area contributed by atoms with Crippen molar-refractivity contribution in [2.45, 2.75) is 19.6 Å². The average molecular weight is 552 g/mol. The van der Waals surface area contributed by atoms with Crippen LogP contribution < -0.4 is 14.2 Å². The van der Waals surface area contributed by atoms with Crippen LogP contribution in [0.2, 0.25) is 5.02 Å². The average Bonchev–Trinajstić information content (AvgIpc) is 3.20. The van der Waals surface area contributed by atoms with Crippen molar-refractivity contribution in [2.75, 3.05) is 34.5 Å². The quantitative estimate of drug-likeness (QED) is 0.207. The lowest BCUT2D eigenvalue weighted by molar-refractivity contribution is -0.140. The first-order chi connectivity index (χ1) is 18.8. The number of nitrogens with zero attached hydrogens (tertiary/aromatic N) is 1. The molecule has 1 atom stereocenters. The lowest BCUT2D eigenvalue weighted by atomic mass is 9.94. The van der Waals surface area contributed by atoms with E-state index in [4.69, 9.17) is 30.5 Å². The number of likely N-dealkylation sites (tertiary alicyclic amines) is 1. The molecule has 1 aliphatic rings. The van der Waals surface area contributed by atoms with Crippen LogP contribution in [0.3, 0.4) is 0 Å². The van der Waals surface area contributed by atoms with Crippen LogP contribution in [0.5, 0.6) is 17.2 Å². The minimum Gasteiger partial charge on any atom is -0.507 e. The Labute approximate surface area is 232 Å². The monoisotopic (exact) mass is 551 g/mol.